The van der Waals surface area contributed by atoms with Crippen molar-refractivity contribution in [1.29, 1.82) is 0 Å². The minimum absolute atomic E-state index is 0. The highest BCUT2D eigenvalue weighted by Crippen LogP contribution is 2.39. The van der Waals surface area contributed by atoms with E-state index in [1.165, 1.54) is 12.1 Å². The fourth-order valence-electron chi connectivity index (χ4n) is 4.48. The number of benzene rings is 3. The van der Waals surface area contributed by atoms with Crippen LogP contribution in [-0.4, -0.2) is 45.3 Å². The van der Waals surface area contributed by atoms with Crippen LogP contribution < -0.4 is 4.74 Å². The highest BCUT2D eigenvalue weighted by atomic mass is 35.5. The number of aliphatic carboxylic acids is 1. The zero-order chi connectivity index (χ0) is 26.3. The third-order valence-corrected chi connectivity index (χ3v) is 6.28. The average Bonchev–Trinajstić information content (AvgIpc) is 3.30. The molecule has 5 rings (SSSR count). The number of ether oxygens (including phenoxy) is 1. The molecule has 0 unspecified atom stereocenters. The van der Waals surface area contributed by atoms with Crippen molar-refractivity contribution in [2.75, 3.05) is 13.1 Å². The second-order valence-corrected chi connectivity index (χ2v) is 9.35. The molecule has 4 aromatic rings. The van der Waals surface area contributed by atoms with Crippen molar-refractivity contribution in [3.63, 3.8) is 0 Å². The molecule has 0 atom stereocenters. The second-order valence-electron chi connectivity index (χ2n) is 9.35. The Balaban J connectivity index is 0.00000336. The van der Waals surface area contributed by atoms with E-state index in [0.29, 0.717) is 25.2 Å². The molecular weight excluding hydrogens is 523 g/mol. The number of likely N-dealkylation sites (tertiary alicyclic amines) is 1. The number of carboxylic acids is 1. The predicted octanol–water partition coefficient (Wildman–Crippen LogP) is 6.30. The van der Waals surface area contributed by atoms with E-state index in [2.05, 4.69) is 15.0 Å². The molecule has 2 heterocycles. The van der Waals surface area contributed by atoms with Crippen LogP contribution in [0.25, 0.3) is 33.6 Å². The molecule has 0 aliphatic carbocycles. The second kappa shape index (κ2) is 10.6. The first-order valence-electron chi connectivity index (χ1n) is 11.8. The Morgan fingerprint density at radius 2 is 1.84 bits per heavy atom. The van der Waals surface area contributed by atoms with Crippen molar-refractivity contribution >= 4 is 29.1 Å². The van der Waals surface area contributed by atoms with Crippen LogP contribution in [0, 0.1) is 5.92 Å². The lowest BCUT2D eigenvalue weighted by molar-refractivity contribution is -0.147. The maximum atomic E-state index is 13.7. The van der Waals surface area contributed by atoms with Gasteiger partial charge in [0.2, 0.25) is 5.82 Å². The van der Waals surface area contributed by atoms with E-state index < -0.39 is 23.8 Å². The van der Waals surface area contributed by atoms with Gasteiger partial charge in [0.25, 0.3) is 5.89 Å². The fourth-order valence-corrected chi connectivity index (χ4v) is 4.48. The molecule has 0 saturated carbocycles. The number of rotatable bonds is 7. The molecule has 0 spiro atoms. The van der Waals surface area contributed by atoms with Crippen molar-refractivity contribution in [3.05, 3.63) is 65.7 Å². The molecule has 1 aliphatic heterocycles. The molecule has 0 bridgehead atoms. The number of aromatic nitrogens is 2. The summed E-state index contributed by atoms with van der Waals surface area (Å²) in [7, 11) is 0. The fraction of sp³-hybridized carbons (Fsp3) is 0.296. The summed E-state index contributed by atoms with van der Waals surface area (Å²) in [5.74, 6) is -1.17. The molecule has 1 N–H and O–H groups in total. The van der Waals surface area contributed by atoms with E-state index >= 15 is 0 Å². The summed E-state index contributed by atoms with van der Waals surface area (Å²) in [5.41, 5.74) is 0.929. The van der Waals surface area contributed by atoms with Crippen molar-refractivity contribution < 1.29 is 32.3 Å². The minimum Gasteiger partial charge on any atom is -0.490 e. The first kappa shape index (κ1) is 27.4. The lowest BCUT2D eigenvalue weighted by atomic mass is 9.95. The average molecular weight is 548 g/mol. The zero-order valence-electron chi connectivity index (χ0n) is 20.5. The maximum Gasteiger partial charge on any atom is 0.419 e. The van der Waals surface area contributed by atoms with Gasteiger partial charge in [0.1, 0.15) is 5.75 Å². The highest BCUT2D eigenvalue weighted by Gasteiger charge is 2.36. The topological polar surface area (TPSA) is 88.7 Å². The summed E-state index contributed by atoms with van der Waals surface area (Å²) in [5, 5.41) is 15.0. The first-order valence-corrected chi connectivity index (χ1v) is 11.8. The van der Waals surface area contributed by atoms with Crippen LogP contribution in [0.5, 0.6) is 5.75 Å². The van der Waals surface area contributed by atoms with Crippen LogP contribution in [0.1, 0.15) is 25.0 Å². The van der Waals surface area contributed by atoms with Gasteiger partial charge in [0, 0.05) is 30.8 Å². The largest absolute Gasteiger partial charge is 0.490 e. The van der Waals surface area contributed by atoms with Crippen molar-refractivity contribution in [2.24, 2.45) is 5.92 Å². The summed E-state index contributed by atoms with van der Waals surface area (Å²) >= 11 is 0. The Morgan fingerprint density at radius 1 is 1.13 bits per heavy atom. The predicted molar refractivity (Wildman–Crippen MR) is 137 cm³/mol. The van der Waals surface area contributed by atoms with Gasteiger partial charge in [-0.3, -0.25) is 9.69 Å². The van der Waals surface area contributed by atoms with E-state index in [1.807, 2.05) is 36.4 Å². The van der Waals surface area contributed by atoms with Crippen LogP contribution in [0.4, 0.5) is 13.2 Å². The number of alkyl halides is 3. The lowest BCUT2D eigenvalue weighted by Crippen LogP contribution is -2.49. The van der Waals surface area contributed by atoms with Crippen molar-refractivity contribution in [3.8, 4) is 28.6 Å². The molecular formula is C27H25ClF3N3O4. The molecule has 1 saturated heterocycles. The quantitative estimate of drug-likeness (QED) is 0.290. The smallest absolute Gasteiger partial charge is 0.419 e. The summed E-state index contributed by atoms with van der Waals surface area (Å²) in [4.78, 5) is 17.6. The van der Waals surface area contributed by atoms with Gasteiger partial charge in [0.15, 0.2) is 0 Å². The van der Waals surface area contributed by atoms with Gasteiger partial charge < -0.3 is 14.4 Å². The van der Waals surface area contributed by atoms with E-state index in [0.717, 1.165) is 22.4 Å². The molecule has 0 amide bonds. The standard InChI is InChI=1S/C27H24F3N3O4.ClH/c1-15(2)36-23-10-8-16(11-22(23)27(28,29)30)25-31-24(32-37-25)21-9-7-17(19-5-3-4-6-20(19)21)12-33-13-18(14-33)26(34)35;/h3-11,15,18H,12-14H2,1-2H3,(H,34,35);1H. The molecule has 7 nitrogen and oxygen atoms in total. The van der Waals surface area contributed by atoms with Gasteiger partial charge in [-0.25, -0.2) is 0 Å². The number of carboxylic acid groups (broad SMARTS) is 1. The Morgan fingerprint density at radius 3 is 2.50 bits per heavy atom. The van der Waals surface area contributed by atoms with Crippen LogP contribution in [-0.2, 0) is 17.5 Å². The molecule has 38 heavy (non-hydrogen) atoms. The van der Waals surface area contributed by atoms with Gasteiger partial charge >= 0.3 is 12.1 Å². The summed E-state index contributed by atoms with van der Waals surface area (Å²) in [6.07, 6.45) is -5.03. The lowest BCUT2D eigenvalue weighted by Gasteiger charge is -2.36. The van der Waals surface area contributed by atoms with Gasteiger partial charge in [0.05, 0.1) is 17.6 Å². The summed E-state index contributed by atoms with van der Waals surface area (Å²) in [6, 6.07) is 15.1. The highest BCUT2D eigenvalue weighted by molar-refractivity contribution is 5.97. The van der Waals surface area contributed by atoms with E-state index in [4.69, 9.17) is 14.4 Å². The molecule has 1 aromatic heterocycles. The van der Waals surface area contributed by atoms with Gasteiger partial charge in [-0.2, -0.15) is 18.2 Å². The van der Waals surface area contributed by atoms with Crippen LogP contribution in [0.15, 0.2) is 59.1 Å². The monoisotopic (exact) mass is 547 g/mol. The number of hydrogen-bond donors (Lipinski definition) is 1. The van der Waals surface area contributed by atoms with Gasteiger partial charge in [-0.15, -0.1) is 12.4 Å². The Bertz CT molecular complexity index is 1470. The molecule has 11 heteroatoms. The third-order valence-electron chi connectivity index (χ3n) is 6.28. The minimum atomic E-state index is -4.62. The van der Waals surface area contributed by atoms with Gasteiger partial charge in [-0.05, 0) is 48.4 Å². The molecule has 0 radical (unpaired) electrons. The Labute approximate surface area is 222 Å². The number of hydrogen-bond acceptors (Lipinski definition) is 6. The van der Waals surface area contributed by atoms with Gasteiger partial charge in [-0.1, -0.05) is 41.6 Å². The number of nitrogens with zero attached hydrogens (tertiary/aromatic N) is 3. The summed E-state index contributed by atoms with van der Waals surface area (Å²) < 4.78 is 51.7. The number of halogens is 4. The molecule has 1 fully saturated rings. The maximum absolute atomic E-state index is 13.7. The Kier molecular flexibility index (Phi) is 7.66. The van der Waals surface area contributed by atoms with E-state index in [-0.39, 0.29) is 41.4 Å². The van der Waals surface area contributed by atoms with Crippen LogP contribution >= 0.6 is 12.4 Å². The molecule has 1 aliphatic rings. The molecule has 3 aromatic carbocycles. The summed E-state index contributed by atoms with van der Waals surface area (Å²) in [6.45, 7) is 4.92. The normalized spacial score (nSPS) is 14.4. The van der Waals surface area contributed by atoms with E-state index in [9.17, 15) is 18.0 Å². The zero-order valence-corrected chi connectivity index (χ0v) is 21.3. The number of fused-ring (bicyclic) bond motifs is 1. The molecule has 200 valence electrons. The third kappa shape index (κ3) is 5.46. The number of carbonyl (C=O) groups is 1. The first-order chi connectivity index (χ1) is 17.6. The van der Waals surface area contributed by atoms with Crippen molar-refractivity contribution in [2.45, 2.75) is 32.7 Å². The van der Waals surface area contributed by atoms with E-state index in [1.54, 1.807) is 13.8 Å². The van der Waals surface area contributed by atoms with Crippen LogP contribution in [0.2, 0.25) is 0 Å². The SMILES string of the molecule is CC(C)Oc1ccc(-c2nc(-c3ccc(CN4CC(C(=O)O)C4)c4ccccc34)no2)cc1C(F)(F)F.Cl. The van der Waals surface area contributed by atoms with Crippen molar-refractivity contribution in [1.82, 2.24) is 15.0 Å². The van der Waals surface area contributed by atoms with Crippen LogP contribution in [0.3, 0.4) is 0 Å². The Hall–Kier alpha value is -3.63.